The van der Waals surface area contributed by atoms with Crippen molar-refractivity contribution in [2.75, 3.05) is 0 Å². The highest BCUT2D eigenvalue weighted by Crippen LogP contribution is 2.23. The van der Waals surface area contributed by atoms with Crippen LogP contribution in [0.2, 0.25) is 5.02 Å². The molecule has 0 saturated carbocycles. The van der Waals surface area contributed by atoms with E-state index in [9.17, 15) is 4.79 Å². The zero-order valence-electron chi connectivity index (χ0n) is 13.3. The minimum Gasteiger partial charge on any atom is -0.277 e. The Balaban J connectivity index is 1.71. The van der Waals surface area contributed by atoms with Gasteiger partial charge in [-0.15, -0.1) is 0 Å². The van der Waals surface area contributed by atoms with E-state index in [1.54, 1.807) is 10.6 Å². The number of aromatic amines is 1. The largest absolute Gasteiger partial charge is 0.277 e. The molecule has 0 bridgehead atoms. The highest BCUT2D eigenvalue weighted by molar-refractivity contribution is 7.15. The predicted molar refractivity (Wildman–Crippen MR) is 105 cm³/mol. The summed E-state index contributed by atoms with van der Waals surface area (Å²) in [6.07, 6.45) is 3.56. The van der Waals surface area contributed by atoms with E-state index >= 15 is 0 Å². The van der Waals surface area contributed by atoms with Gasteiger partial charge in [0.05, 0.1) is 27.5 Å². The Morgan fingerprint density at radius 1 is 1.12 bits per heavy atom. The van der Waals surface area contributed by atoms with Crippen LogP contribution in [0.3, 0.4) is 0 Å². The number of aromatic nitrogens is 4. The fraction of sp³-hybridized carbons (Fsp3) is 0. The maximum absolute atomic E-state index is 12.9. The van der Waals surface area contributed by atoms with E-state index in [0.717, 1.165) is 27.9 Å². The summed E-state index contributed by atoms with van der Waals surface area (Å²) < 4.78 is 2.28. The van der Waals surface area contributed by atoms with Gasteiger partial charge in [0.1, 0.15) is 0 Å². The van der Waals surface area contributed by atoms with Crippen LogP contribution in [0.5, 0.6) is 0 Å². The number of rotatable bonds is 2. The molecule has 0 atom stereocenters. The van der Waals surface area contributed by atoms with Crippen molar-refractivity contribution in [3.63, 3.8) is 0 Å². The minimum atomic E-state index is -0.0676. The molecule has 0 unspecified atom stereocenters. The molecular weight excluding hydrogens is 368 g/mol. The Bertz CT molecular complexity index is 1360. The summed E-state index contributed by atoms with van der Waals surface area (Å²) in [6.45, 7) is 0. The second-order valence-electron chi connectivity index (χ2n) is 5.84. The standard InChI is InChI=1S/C19H11ClN4OS/c20-13-7-5-11(6-8-13)17-12(10-21-23-17)9-16-18(25)24-15-4-2-1-3-14(15)22-19(24)26-16/h1-10H,(H,21,23)/b16-9-. The van der Waals surface area contributed by atoms with E-state index in [1.165, 1.54) is 11.3 Å². The van der Waals surface area contributed by atoms with Gasteiger partial charge in [-0.3, -0.25) is 9.89 Å². The molecule has 5 rings (SSSR count). The summed E-state index contributed by atoms with van der Waals surface area (Å²) in [5.41, 5.74) is 4.23. The van der Waals surface area contributed by atoms with E-state index < -0.39 is 0 Å². The number of benzene rings is 2. The molecule has 0 spiro atoms. The first-order valence-corrected chi connectivity index (χ1v) is 9.11. The zero-order chi connectivity index (χ0) is 17.7. The van der Waals surface area contributed by atoms with E-state index in [4.69, 9.17) is 11.6 Å². The van der Waals surface area contributed by atoms with Crippen molar-refractivity contribution in [2.45, 2.75) is 0 Å². The molecule has 5 aromatic rings. The number of hydrogen-bond donors (Lipinski definition) is 1. The van der Waals surface area contributed by atoms with Crippen LogP contribution in [0.15, 0.2) is 59.5 Å². The first kappa shape index (κ1) is 15.3. The van der Waals surface area contributed by atoms with Crippen LogP contribution in [0, 0.1) is 0 Å². The lowest BCUT2D eigenvalue weighted by molar-refractivity contribution is 1.10. The van der Waals surface area contributed by atoms with Crippen LogP contribution in [0.1, 0.15) is 5.56 Å². The molecule has 0 aliphatic heterocycles. The van der Waals surface area contributed by atoms with Crippen LogP contribution in [0.25, 0.3) is 33.3 Å². The third-order valence-corrected chi connectivity index (χ3v) is 5.45. The average molecular weight is 379 g/mol. The van der Waals surface area contributed by atoms with E-state index in [-0.39, 0.29) is 5.56 Å². The second kappa shape index (κ2) is 5.79. The Labute approximate surface area is 156 Å². The lowest BCUT2D eigenvalue weighted by atomic mass is 10.1. The SMILES string of the molecule is O=c1/c(=C/c2cn[nH]c2-c2ccc(Cl)cc2)sc2nc3ccccc3n12. The van der Waals surface area contributed by atoms with Crippen molar-refractivity contribution in [3.8, 4) is 11.3 Å². The Morgan fingerprint density at radius 2 is 1.92 bits per heavy atom. The normalized spacial score (nSPS) is 12.4. The molecule has 0 amide bonds. The number of H-pyrrole nitrogens is 1. The van der Waals surface area contributed by atoms with Crippen molar-refractivity contribution in [2.24, 2.45) is 0 Å². The minimum absolute atomic E-state index is 0.0676. The molecule has 1 N–H and O–H groups in total. The van der Waals surface area contributed by atoms with E-state index in [0.29, 0.717) is 14.5 Å². The molecular formula is C19H11ClN4OS. The Morgan fingerprint density at radius 3 is 2.77 bits per heavy atom. The number of fused-ring (bicyclic) bond motifs is 3. The molecule has 0 saturated heterocycles. The quantitative estimate of drug-likeness (QED) is 0.511. The van der Waals surface area contributed by atoms with E-state index in [1.807, 2.05) is 54.6 Å². The predicted octanol–water partition coefficient (Wildman–Crippen LogP) is 3.50. The van der Waals surface area contributed by atoms with Gasteiger partial charge in [0.25, 0.3) is 5.56 Å². The van der Waals surface area contributed by atoms with Gasteiger partial charge in [-0.25, -0.2) is 9.38 Å². The maximum atomic E-state index is 12.9. The first-order chi connectivity index (χ1) is 12.7. The molecule has 0 aliphatic rings. The van der Waals surface area contributed by atoms with Crippen LogP contribution in [-0.2, 0) is 0 Å². The fourth-order valence-corrected chi connectivity index (χ4v) is 4.11. The summed E-state index contributed by atoms with van der Waals surface area (Å²) in [7, 11) is 0. The number of hydrogen-bond acceptors (Lipinski definition) is 4. The number of thiazole rings is 1. The number of nitrogens with zero attached hydrogens (tertiary/aromatic N) is 3. The molecule has 3 heterocycles. The molecule has 7 heteroatoms. The monoisotopic (exact) mass is 378 g/mol. The van der Waals surface area contributed by atoms with Gasteiger partial charge in [-0.05, 0) is 30.3 Å². The Kier molecular flexibility index (Phi) is 3.41. The molecule has 26 heavy (non-hydrogen) atoms. The van der Waals surface area contributed by atoms with Crippen LogP contribution in [-0.4, -0.2) is 19.6 Å². The van der Waals surface area contributed by atoms with Gasteiger partial charge < -0.3 is 0 Å². The summed E-state index contributed by atoms with van der Waals surface area (Å²) in [4.78, 5) is 18.1. The first-order valence-electron chi connectivity index (χ1n) is 7.92. The number of para-hydroxylation sites is 2. The lowest BCUT2D eigenvalue weighted by Gasteiger charge is -1.99. The van der Waals surface area contributed by atoms with Crippen LogP contribution >= 0.6 is 22.9 Å². The summed E-state index contributed by atoms with van der Waals surface area (Å²) >= 11 is 7.34. The average Bonchev–Trinajstić information content (AvgIpc) is 3.32. The fourth-order valence-electron chi connectivity index (χ4n) is 3.01. The van der Waals surface area contributed by atoms with Gasteiger partial charge in [0.15, 0.2) is 4.96 Å². The Hall–Kier alpha value is -2.96. The van der Waals surface area contributed by atoms with Gasteiger partial charge >= 0.3 is 0 Å². The molecule has 126 valence electrons. The molecule has 0 aliphatic carbocycles. The molecule has 5 nitrogen and oxygen atoms in total. The maximum Gasteiger partial charge on any atom is 0.274 e. The van der Waals surface area contributed by atoms with Gasteiger partial charge in [-0.2, -0.15) is 5.10 Å². The summed E-state index contributed by atoms with van der Waals surface area (Å²) in [6, 6.07) is 15.1. The zero-order valence-corrected chi connectivity index (χ0v) is 14.9. The number of imidazole rings is 1. The van der Waals surface area contributed by atoms with Gasteiger partial charge in [0, 0.05) is 16.1 Å². The highest BCUT2D eigenvalue weighted by Gasteiger charge is 2.12. The molecule has 0 fully saturated rings. The molecule has 3 aromatic heterocycles. The summed E-state index contributed by atoms with van der Waals surface area (Å²) in [5.74, 6) is 0. The third kappa shape index (κ3) is 2.34. The van der Waals surface area contributed by atoms with Crippen molar-refractivity contribution in [1.29, 1.82) is 0 Å². The van der Waals surface area contributed by atoms with Crippen LogP contribution in [0.4, 0.5) is 0 Å². The molecule has 0 radical (unpaired) electrons. The lowest BCUT2D eigenvalue weighted by Crippen LogP contribution is -2.22. The third-order valence-electron chi connectivity index (χ3n) is 4.23. The van der Waals surface area contributed by atoms with Crippen molar-refractivity contribution >= 4 is 45.0 Å². The van der Waals surface area contributed by atoms with Gasteiger partial charge in [-0.1, -0.05) is 47.2 Å². The van der Waals surface area contributed by atoms with Crippen molar-refractivity contribution in [1.82, 2.24) is 19.6 Å². The van der Waals surface area contributed by atoms with Gasteiger partial charge in [0.2, 0.25) is 0 Å². The topological polar surface area (TPSA) is 63.0 Å². The number of nitrogens with one attached hydrogen (secondary N) is 1. The van der Waals surface area contributed by atoms with E-state index in [2.05, 4.69) is 15.2 Å². The highest BCUT2D eigenvalue weighted by atomic mass is 35.5. The van der Waals surface area contributed by atoms with Crippen LogP contribution < -0.4 is 10.1 Å². The second-order valence-corrected chi connectivity index (χ2v) is 7.29. The summed E-state index contributed by atoms with van der Waals surface area (Å²) in [5, 5.41) is 7.80. The number of halogens is 1. The van der Waals surface area contributed by atoms with Crippen molar-refractivity contribution < 1.29 is 0 Å². The molecule has 2 aromatic carbocycles. The smallest absolute Gasteiger partial charge is 0.274 e. The van der Waals surface area contributed by atoms with Crippen molar-refractivity contribution in [3.05, 3.63) is 80.2 Å².